The summed E-state index contributed by atoms with van der Waals surface area (Å²) in [6.45, 7) is 1.45. The Kier molecular flexibility index (Phi) is 2.47. The maximum atomic E-state index is 12.2. The molecule has 0 spiro atoms. The molecule has 0 aromatic carbocycles. The van der Waals surface area contributed by atoms with Crippen molar-refractivity contribution in [1.82, 2.24) is 24.5 Å². The molecule has 8 heteroatoms. The normalized spacial score (nSPS) is 14.6. The van der Waals surface area contributed by atoms with Crippen LogP contribution in [0.3, 0.4) is 0 Å². The molecule has 3 rings (SSSR count). The second kappa shape index (κ2) is 4.13. The van der Waals surface area contributed by atoms with Gasteiger partial charge in [0.15, 0.2) is 0 Å². The van der Waals surface area contributed by atoms with Crippen molar-refractivity contribution in [2.24, 2.45) is 0 Å². The Bertz CT molecular complexity index is 624. The van der Waals surface area contributed by atoms with Crippen molar-refractivity contribution in [3.8, 4) is 0 Å². The molecule has 2 aromatic rings. The molecule has 2 aromatic heterocycles. The van der Waals surface area contributed by atoms with Gasteiger partial charge in [0.1, 0.15) is 18.7 Å². The average molecular weight is 248 g/mol. The van der Waals surface area contributed by atoms with E-state index < -0.39 is 0 Å². The molecule has 0 radical (unpaired) electrons. The average Bonchev–Trinajstić information content (AvgIpc) is 2.98. The van der Waals surface area contributed by atoms with E-state index in [2.05, 4.69) is 15.3 Å². The minimum atomic E-state index is -0.381. The number of carbonyl (C=O) groups is 1. The Morgan fingerprint density at radius 2 is 2.33 bits per heavy atom. The summed E-state index contributed by atoms with van der Waals surface area (Å²) in [6, 6.07) is 1.80. The summed E-state index contributed by atoms with van der Waals surface area (Å²) in [4.78, 5) is 25.1. The topological polar surface area (TPSA) is 88.8 Å². The zero-order valence-corrected chi connectivity index (χ0v) is 9.61. The highest BCUT2D eigenvalue weighted by atomic mass is 16.2. The van der Waals surface area contributed by atoms with Gasteiger partial charge < -0.3 is 0 Å². The molecule has 0 atom stereocenters. The van der Waals surface area contributed by atoms with Crippen LogP contribution in [0.5, 0.6) is 0 Å². The fourth-order valence-corrected chi connectivity index (χ4v) is 2.09. The molecule has 1 aliphatic rings. The van der Waals surface area contributed by atoms with Gasteiger partial charge in [-0.05, 0) is 6.42 Å². The van der Waals surface area contributed by atoms with Crippen molar-refractivity contribution in [2.45, 2.75) is 19.5 Å². The van der Waals surface area contributed by atoms with Crippen molar-refractivity contribution in [3.05, 3.63) is 29.1 Å². The van der Waals surface area contributed by atoms with E-state index in [0.717, 1.165) is 18.8 Å². The number of hydrogen-bond acceptors (Lipinski definition) is 4. The number of rotatable bonds is 2. The van der Waals surface area contributed by atoms with E-state index in [1.807, 2.05) is 0 Å². The van der Waals surface area contributed by atoms with Gasteiger partial charge in [-0.1, -0.05) is 0 Å². The first-order valence-electron chi connectivity index (χ1n) is 5.68. The van der Waals surface area contributed by atoms with Gasteiger partial charge in [0.25, 0.3) is 0 Å². The van der Waals surface area contributed by atoms with Gasteiger partial charge in [-0.2, -0.15) is 10.2 Å². The number of carbonyl (C=O) groups excluding carboxylic acids is 1. The minimum Gasteiger partial charge on any atom is -0.295 e. The highest BCUT2D eigenvalue weighted by molar-refractivity contribution is 5.92. The lowest BCUT2D eigenvalue weighted by Gasteiger charge is -2.27. The third kappa shape index (κ3) is 1.71. The summed E-state index contributed by atoms with van der Waals surface area (Å²) < 4.78 is 3.04. The lowest BCUT2D eigenvalue weighted by molar-refractivity contribution is -0.119. The van der Waals surface area contributed by atoms with Crippen molar-refractivity contribution < 1.29 is 4.79 Å². The quantitative estimate of drug-likeness (QED) is 0.754. The molecule has 3 heterocycles. The number of hydrogen-bond donors (Lipinski definition) is 1. The predicted octanol–water partition coefficient (Wildman–Crippen LogP) is -0.795. The number of amides is 1. The van der Waals surface area contributed by atoms with Gasteiger partial charge in [0.05, 0.1) is 6.20 Å². The highest BCUT2D eigenvalue weighted by Crippen LogP contribution is 2.19. The molecular formula is C10H12N6O2. The number of fused-ring (bicyclic) bond motifs is 1. The van der Waals surface area contributed by atoms with Crippen molar-refractivity contribution in [3.63, 3.8) is 0 Å². The van der Waals surface area contributed by atoms with Crippen LogP contribution in [0, 0.1) is 0 Å². The Morgan fingerprint density at radius 3 is 3.11 bits per heavy atom. The van der Waals surface area contributed by atoms with Gasteiger partial charge >= 0.3 is 5.69 Å². The molecule has 1 N–H and O–H groups in total. The highest BCUT2D eigenvalue weighted by Gasteiger charge is 2.23. The molecule has 1 amide bonds. The summed E-state index contributed by atoms with van der Waals surface area (Å²) in [5, 5.41) is 9.99. The van der Waals surface area contributed by atoms with Crippen molar-refractivity contribution >= 4 is 11.7 Å². The Balaban J connectivity index is 1.83. The summed E-state index contributed by atoms with van der Waals surface area (Å²) in [7, 11) is 0. The minimum absolute atomic E-state index is 0.0134. The van der Waals surface area contributed by atoms with Crippen molar-refractivity contribution in [2.75, 3.05) is 11.4 Å². The van der Waals surface area contributed by atoms with Gasteiger partial charge in [-0.25, -0.2) is 14.6 Å². The van der Waals surface area contributed by atoms with E-state index in [1.165, 1.54) is 10.9 Å². The fourth-order valence-electron chi connectivity index (χ4n) is 2.09. The van der Waals surface area contributed by atoms with Crippen LogP contribution >= 0.6 is 0 Å². The van der Waals surface area contributed by atoms with E-state index in [-0.39, 0.29) is 18.1 Å². The standard InChI is InChI=1S/C10H12N6O2/c17-9(6-14-7-11-13-10(14)18)15-4-1-5-16-8(15)2-3-12-16/h2-3,7H,1,4-6H2,(H,13,18). The van der Waals surface area contributed by atoms with Crippen LogP contribution in [-0.4, -0.2) is 37.0 Å². The lowest BCUT2D eigenvalue weighted by Crippen LogP contribution is -2.40. The van der Waals surface area contributed by atoms with E-state index in [9.17, 15) is 9.59 Å². The number of aryl methyl sites for hydroxylation is 1. The smallest absolute Gasteiger partial charge is 0.295 e. The van der Waals surface area contributed by atoms with Gasteiger partial charge in [0, 0.05) is 19.2 Å². The first-order chi connectivity index (χ1) is 8.75. The summed E-state index contributed by atoms with van der Waals surface area (Å²) in [5.41, 5.74) is -0.381. The van der Waals surface area contributed by atoms with Crippen LogP contribution in [0.2, 0.25) is 0 Å². The first-order valence-corrected chi connectivity index (χ1v) is 5.68. The number of aromatic amines is 1. The predicted molar refractivity (Wildman–Crippen MR) is 62.0 cm³/mol. The number of H-pyrrole nitrogens is 1. The molecule has 18 heavy (non-hydrogen) atoms. The van der Waals surface area contributed by atoms with E-state index in [0.29, 0.717) is 6.54 Å². The van der Waals surface area contributed by atoms with Gasteiger partial charge in [-0.3, -0.25) is 14.3 Å². The molecule has 0 unspecified atom stereocenters. The summed E-state index contributed by atoms with van der Waals surface area (Å²) in [5.74, 6) is 0.641. The maximum absolute atomic E-state index is 12.2. The van der Waals surface area contributed by atoms with Crippen LogP contribution in [0.4, 0.5) is 5.82 Å². The Hall–Kier alpha value is -2.38. The molecule has 0 fully saturated rings. The fraction of sp³-hybridized carbons (Fsp3) is 0.400. The maximum Gasteiger partial charge on any atom is 0.343 e. The van der Waals surface area contributed by atoms with Crippen LogP contribution in [0.1, 0.15) is 6.42 Å². The second-order valence-electron chi connectivity index (χ2n) is 4.10. The summed E-state index contributed by atoms with van der Waals surface area (Å²) >= 11 is 0. The monoisotopic (exact) mass is 248 g/mol. The lowest BCUT2D eigenvalue weighted by atomic mass is 10.3. The largest absolute Gasteiger partial charge is 0.343 e. The van der Waals surface area contributed by atoms with E-state index in [1.54, 1.807) is 21.8 Å². The molecule has 1 aliphatic heterocycles. The number of aromatic nitrogens is 5. The number of anilines is 1. The third-order valence-electron chi connectivity index (χ3n) is 2.95. The van der Waals surface area contributed by atoms with Gasteiger partial charge in [-0.15, -0.1) is 0 Å². The van der Waals surface area contributed by atoms with Crippen LogP contribution < -0.4 is 10.6 Å². The first kappa shape index (κ1) is 10.8. The molecule has 0 aliphatic carbocycles. The van der Waals surface area contributed by atoms with E-state index in [4.69, 9.17) is 0 Å². The molecule has 8 nitrogen and oxygen atoms in total. The zero-order chi connectivity index (χ0) is 12.5. The Morgan fingerprint density at radius 1 is 1.44 bits per heavy atom. The molecule has 0 saturated heterocycles. The van der Waals surface area contributed by atoms with Crippen LogP contribution in [0.15, 0.2) is 23.4 Å². The number of nitrogens with one attached hydrogen (secondary N) is 1. The molecule has 0 bridgehead atoms. The molecular weight excluding hydrogens is 236 g/mol. The summed E-state index contributed by atoms with van der Waals surface area (Å²) in [6.07, 6.45) is 3.85. The van der Waals surface area contributed by atoms with Gasteiger partial charge in [0.2, 0.25) is 5.91 Å². The van der Waals surface area contributed by atoms with Crippen molar-refractivity contribution in [1.29, 1.82) is 0 Å². The van der Waals surface area contributed by atoms with E-state index >= 15 is 0 Å². The zero-order valence-electron chi connectivity index (χ0n) is 9.61. The third-order valence-corrected chi connectivity index (χ3v) is 2.95. The number of nitrogens with zero attached hydrogens (tertiary/aromatic N) is 5. The van der Waals surface area contributed by atoms with Crippen LogP contribution in [0.25, 0.3) is 0 Å². The second-order valence-corrected chi connectivity index (χ2v) is 4.10. The van der Waals surface area contributed by atoms with Crippen LogP contribution in [-0.2, 0) is 17.9 Å². The Labute approximate surface area is 102 Å². The molecule has 94 valence electrons. The molecule has 0 saturated carbocycles. The SMILES string of the molecule is O=C(Cn1cn[nH]c1=O)N1CCCn2nccc21.